The number of benzene rings is 1. The van der Waals surface area contributed by atoms with Gasteiger partial charge in [-0.3, -0.25) is 0 Å². The van der Waals surface area contributed by atoms with Crippen LogP contribution in [0.4, 0.5) is 0 Å². The third-order valence-electron chi connectivity index (χ3n) is 2.59. The van der Waals surface area contributed by atoms with E-state index >= 15 is 0 Å². The summed E-state index contributed by atoms with van der Waals surface area (Å²) in [5.41, 5.74) is 1.08. The Balaban J connectivity index is 2.37. The molecule has 0 aliphatic carbocycles. The van der Waals surface area contributed by atoms with Gasteiger partial charge in [0.25, 0.3) is 0 Å². The fraction of sp³-hybridized carbons (Fsp3) is 0.600. The van der Waals surface area contributed by atoms with Gasteiger partial charge in [0.15, 0.2) is 11.5 Å². The zero-order chi connectivity index (χ0) is 14.3. The largest absolute Gasteiger partial charge is 0.493 e. The summed E-state index contributed by atoms with van der Waals surface area (Å²) in [6, 6.07) is 5.93. The molecule has 1 N–H and O–H groups in total. The van der Waals surface area contributed by atoms with Gasteiger partial charge in [0, 0.05) is 13.1 Å². The van der Waals surface area contributed by atoms with Gasteiger partial charge < -0.3 is 19.5 Å². The predicted octanol–water partition coefficient (Wildman–Crippen LogP) is 2.61. The molecular weight excluding hydrogens is 242 g/mol. The zero-order valence-corrected chi connectivity index (χ0v) is 12.6. The first-order chi connectivity index (χ1) is 8.96. The van der Waals surface area contributed by atoms with Crippen LogP contribution in [-0.2, 0) is 11.3 Å². The molecule has 1 aromatic carbocycles. The summed E-state index contributed by atoms with van der Waals surface area (Å²) >= 11 is 0. The highest BCUT2D eigenvalue weighted by Crippen LogP contribution is 2.27. The highest BCUT2D eigenvalue weighted by atomic mass is 16.5. The highest BCUT2D eigenvalue weighted by molar-refractivity contribution is 5.42. The number of hydrogen-bond donors (Lipinski definition) is 1. The molecule has 0 amide bonds. The Morgan fingerprint density at radius 2 is 1.74 bits per heavy atom. The highest BCUT2D eigenvalue weighted by Gasteiger charge is 2.09. The van der Waals surface area contributed by atoms with Crippen molar-refractivity contribution in [2.75, 3.05) is 27.4 Å². The van der Waals surface area contributed by atoms with Crippen LogP contribution < -0.4 is 14.8 Å². The van der Waals surface area contributed by atoms with E-state index in [-0.39, 0.29) is 5.60 Å². The van der Waals surface area contributed by atoms with Crippen molar-refractivity contribution in [3.05, 3.63) is 23.8 Å². The SMILES string of the molecule is COc1ccc(CNCCOC(C)(C)C)cc1OC. The average molecular weight is 267 g/mol. The Morgan fingerprint density at radius 3 is 2.32 bits per heavy atom. The summed E-state index contributed by atoms with van der Waals surface area (Å²) < 4.78 is 16.1. The Kier molecular flexibility index (Phi) is 6.12. The molecule has 4 nitrogen and oxygen atoms in total. The Hall–Kier alpha value is -1.26. The zero-order valence-electron chi connectivity index (χ0n) is 12.6. The lowest BCUT2D eigenvalue weighted by Crippen LogP contribution is -2.26. The first-order valence-corrected chi connectivity index (χ1v) is 6.52. The van der Waals surface area contributed by atoms with Gasteiger partial charge in [0.2, 0.25) is 0 Å². The van der Waals surface area contributed by atoms with E-state index < -0.39 is 0 Å². The number of nitrogens with one attached hydrogen (secondary N) is 1. The van der Waals surface area contributed by atoms with Crippen molar-refractivity contribution in [3.8, 4) is 11.5 Å². The lowest BCUT2D eigenvalue weighted by molar-refractivity contribution is -0.000886. The standard InChI is InChI=1S/C15H25NO3/c1-15(2,3)19-9-8-16-11-12-6-7-13(17-4)14(10-12)18-5/h6-7,10,16H,8-9,11H2,1-5H3. The van der Waals surface area contributed by atoms with Gasteiger partial charge >= 0.3 is 0 Å². The van der Waals surface area contributed by atoms with Crippen molar-refractivity contribution in [2.45, 2.75) is 32.9 Å². The normalized spacial score (nSPS) is 11.4. The minimum atomic E-state index is -0.0784. The van der Waals surface area contributed by atoms with Gasteiger partial charge in [-0.2, -0.15) is 0 Å². The molecule has 0 saturated heterocycles. The maximum absolute atomic E-state index is 5.64. The Bertz CT molecular complexity index is 385. The fourth-order valence-corrected chi connectivity index (χ4v) is 1.65. The number of methoxy groups -OCH3 is 2. The van der Waals surface area contributed by atoms with Gasteiger partial charge in [-0.25, -0.2) is 0 Å². The van der Waals surface area contributed by atoms with Crippen LogP contribution in [0.2, 0.25) is 0 Å². The lowest BCUT2D eigenvalue weighted by atomic mass is 10.2. The number of hydrogen-bond acceptors (Lipinski definition) is 4. The molecule has 0 aliphatic heterocycles. The number of ether oxygens (including phenoxy) is 3. The fourth-order valence-electron chi connectivity index (χ4n) is 1.65. The van der Waals surface area contributed by atoms with Crippen molar-refractivity contribution < 1.29 is 14.2 Å². The summed E-state index contributed by atoms with van der Waals surface area (Å²) in [4.78, 5) is 0. The number of rotatable bonds is 7. The van der Waals surface area contributed by atoms with Gasteiger partial charge in [0.05, 0.1) is 26.4 Å². The van der Waals surface area contributed by atoms with E-state index in [0.29, 0.717) is 6.61 Å². The molecular formula is C15H25NO3. The van der Waals surface area contributed by atoms with Crippen LogP contribution in [0.5, 0.6) is 11.5 Å². The minimum absolute atomic E-state index is 0.0784. The molecule has 1 aromatic rings. The molecule has 0 aromatic heterocycles. The first-order valence-electron chi connectivity index (χ1n) is 6.52. The molecule has 0 saturated carbocycles. The summed E-state index contributed by atoms with van der Waals surface area (Å²) in [7, 11) is 3.28. The second-order valence-electron chi connectivity index (χ2n) is 5.33. The van der Waals surface area contributed by atoms with Crippen molar-refractivity contribution in [2.24, 2.45) is 0 Å². The Labute approximate surface area is 116 Å². The maximum Gasteiger partial charge on any atom is 0.161 e. The van der Waals surface area contributed by atoms with Crippen molar-refractivity contribution in [3.63, 3.8) is 0 Å². The van der Waals surface area contributed by atoms with E-state index in [2.05, 4.69) is 26.1 Å². The van der Waals surface area contributed by atoms with Crippen molar-refractivity contribution in [1.82, 2.24) is 5.32 Å². The molecule has 0 unspecified atom stereocenters. The molecule has 0 radical (unpaired) electrons. The molecule has 4 heteroatoms. The lowest BCUT2D eigenvalue weighted by Gasteiger charge is -2.19. The van der Waals surface area contributed by atoms with Crippen LogP contribution in [-0.4, -0.2) is 33.0 Å². The third-order valence-corrected chi connectivity index (χ3v) is 2.59. The minimum Gasteiger partial charge on any atom is -0.493 e. The van der Waals surface area contributed by atoms with Gasteiger partial charge in [0.1, 0.15) is 0 Å². The molecule has 0 aliphatic rings. The van der Waals surface area contributed by atoms with Crippen LogP contribution in [0.3, 0.4) is 0 Å². The molecule has 0 atom stereocenters. The molecule has 0 bridgehead atoms. The van der Waals surface area contributed by atoms with E-state index in [0.717, 1.165) is 30.2 Å². The molecule has 0 heterocycles. The second kappa shape index (κ2) is 7.36. The van der Waals surface area contributed by atoms with E-state index in [4.69, 9.17) is 14.2 Å². The predicted molar refractivity (Wildman–Crippen MR) is 77.0 cm³/mol. The average Bonchev–Trinajstić information content (AvgIpc) is 2.36. The summed E-state index contributed by atoms with van der Waals surface area (Å²) in [6.07, 6.45) is 0. The molecule has 0 fully saturated rings. The van der Waals surface area contributed by atoms with Crippen LogP contribution >= 0.6 is 0 Å². The Morgan fingerprint density at radius 1 is 1.05 bits per heavy atom. The molecule has 0 spiro atoms. The molecule has 108 valence electrons. The van der Waals surface area contributed by atoms with Crippen molar-refractivity contribution in [1.29, 1.82) is 0 Å². The summed E-state index contributed by atoms with van der Waals surface area (Å²) in [5, 5.41) is 3.34. The second-order valence-corrected chi connectivity index (χ2v) is 5.33. The van der Waals surface area contributed by atoms with E-state index in [9.17, 15) is 0 Å². The topological polar surface area (TPSA) is 39.7 Å². The summed E-state index contributed by atoms with van der Waals surface area (Å²) in [5.74, 6) is 1.51. The van der Waals surface area contributed by atoms with Crippen LogP contribution in [0, 0.1) is 0 Å². The summed E-state index contributed by atoms with van der Waals surface area (Å²) in [6.45, 7) is 8.49. The quantitative estimate of drug-likeness (QED) is 0.771. The first kappa shape index (κ1) is 15.8. The smallest absolute Gasteiger partial charge is 0.161 e. The third kappa shape index (κ3) is 5.94. The van der Waals surface area contributed by atoms with Gasteiger partial charge in [-0.1, -0.05) is 6.07 Å². The molecule has 1 rings (SSSR count). The van der Waals surface area contributed by atoms with E-state index in [1.165, 1.54) is 0 Å². The van der Waals surface area contributed by atoms with Gasteiger partial charge in [-0.05, 0) is 38.5 Å². The maximum atomic E-state index is 5.64. The van der Waals surface area contributed by atoms with E-state index in [1.807, 2.05) is 18.2 Å². The van der Waals surface area contributed by atoms with Crippen molar-refractivity contribution >= 4 is 0 Å². The molecule has 19 heavy (non-hydrogen) atoms. The monoisotopic (exact) mass is 267 g/mol. The van der Waals surface area contributed by atoms with Crippen LogP contribution in [0.25, 0.3) is 0 Å². The van der Waals surface area contributed by atoms with Crippen LogP contribution in [0.15, 0.2) is 18.2 Å². The van der Waals surface area contributed by atoms with E-state index in [1.54, 1.807) is 14.2 Å². The van der Waals surface area contributed by atoms with Gasteiger partial charge in [-0.15, -0.1) is 0 Å². The van der Waals surface area contributed by atoms with Crippen LogP contribution in [0.1, 0.15) is 26.3 Å².